The third-order valence-electron chi connectivity index (χ3n) is 4.84. The predicted molar refractivity (Wildman–Crippen MR) is 102 cm³/mol. The summed E-state index contributed by atoms with van der Waals surface area (Å²) in [6, 6.07) is 15.9. The minimum Gasteiger partial charge on any atom is -0.380 e. The summed E-state index contributed by atoms with van der Waals surface area (Å²) < 4.78 is 5.59. The first-order valence-corrected chi connectivity index (χ1v) is 11.4. The molecule has 2 aliphatic heterocycles. The lowest BCUT2D eigenvalue weighted by molar-refractivity contribution is 0.159. The minimum atomic E-state index is -0.711. The van der Waals surface area contributed by atoms with Gasteiger partial charge in [0, 0.05) is 27.8 Å². The van der Waals surface area contributed by atoms with E-state index in [1.807, 2.05) is 11.8 Å². The molecule has 0 amide bonds. The number of fused-ring (bicyclic) bond motifs is 2. The fourth-order valence-electron chi connectivity index (χ4n) is 3.39. The molecule has 0 aromatic heterocycles. The van der Waals surface area contributed by atoms with Crippen LogP contribution in [0.5, 0.6) is 0 Å². The van der Waals surface area contributed by atoms with Gasteiger partial charge in [0.05, 0.1) is 24.6 Å². The van der Waals surface area contributed by atoms with E-state index >= 15 is 0 Å². The number of ether oxygens (including phenoxy) is 1. The molecule has 0 aliphatic carbocycles. The first kappa shape index (κ1) is 15.4. The average Bonchev–Trinajstić information content (AvgIpc) is 2.59. The maximum absolute atomic E-state index is 5.59. The maximum Gasteiger partial charge on any atom is 0.0553 e. The summed E-state index contributed by atoms with van der Waals surface area (Å²) in [5, 5.41) is 0. The number of para-hydroxylation sites is 1. The Morgan fingerprint density at radius 2 is 1.78 bits per heavy atom. The van der Waals surface area contributed by atoms with E-state index in [1.54, 1.807) is 4.90 Å². The van der Waals surface area contributed by atoms with E-state index < -0.39 is 10.0 Å². The van der Waals surface area contributed by atoms with Gasteiger partial charge in [0.15, 0.2) is 0 Å². The summed E-state index contributed by atoms with van der Waals surface area (Å²) in [6.45, 7) is 5.07. The zero-order valence-corrected chi connectivity index (χ0v) is 15.4. The molecule has 0 saturated carbocycles. The first-order chi connectivity index (χ1) is 11.2. The van der Waals surface area contributed by atoms with Gasteiger partial charge in [0.1, 0.15) is 0 Å². The van der Waals surface area contributed by atoms with Crippen LogP contribution in [0.15, 0.2) is 57.2 Å². The standard InChI is InChI=1S/C19H23NOS2/c1-3-20-16-6-4-5-7-18(16)22-19-14-15(8-9-17(19)20)23(2)12-10-21-11-13-23/h4-9,14H,3,10-13H2,1-2H3. The fourth-order valence-corrected chi connectivity index (χ4v) is 7.04. The maximum atomic E-state index is 5.59. The molecular weight excluding hydrogens is 322 g/mol. The Morgan fingerprint density at radius 1 is 1.04 bits per heavy atom. The van der Waals surface area contributed by atoms with Crippen LogP contribution >= 0.6 is 21.8 Å². The number of rotatable bonds is 2. The summed E-state index contributed by atoms with van der Waals surface area (Å²) in [5.74, 6) is 2.40. The van der Waals surface area contributed by atoms with Crippen molar-refractivity contribution in [1.82, 2.24) is 0 Å². The molecule has 0 unspecified atom stereocenters. The summed E-state index contributed by atoms with van der Waals surface area (Å²) in [5.41, 5.74) is 2.69. The zero-order valence-electron chi connectivity index (χ0n) is 13.7. The van der Waals surface area contributed by atoms with Gasteiger partial charge in [-0.1, -0.05) is 23.9 Å². The monoisotopic (exact) mass is 345 g/mol. The molecule has 0 atom stereocenters. The van der Waals surface area contributed by atoms with Crippen LogP contribution in [0.1, 0.15) is 6.92 Å². The van der Waals surface area contributed by atoms with Crippen molar-refractivity contribution in [3.05, 3.63) is 42.5 Å². The molecule has 1 saturated heterocycles. The number of nitrogens with zero attached hydrogens (tertiary/aromatic N) is 1. The molecule has 2 aromatic carbocycles. The Bertz CT molecular complexity index is 725. The molecule has 2 heterocycles. The Balaban J connectivity index is 1.76. The van der Waals surface area contributed by atoms with Crippen LogP contribution in [-0.2, 0) is 4.74 Å². The predicted octanol–water partition coefficient (Wildman–Crippen LogP) is 5.13. The first-order valence-electron chi connectivity index (χ1n) is 8.21. The molecule has 122 valence electrons. The largest absolute Gasteiger partial charge is 0.380 e. The van der Waals surface area contributed by atoms with Crippen molar-refractivity contribution in [2.45, 2.75) is 21.6 Å². The molecule has 4 heteroatoms. The average molecular weight is 346 g/mol. The van der Waals surface area contributed by atoms with Gasteiger partial charge in [-0.05, 0) is 48.4 Å². The van der Waals surface area contributed by atoms with Gasteiger partial charge in [0.2, 0.25) is 0 Å². The highest BCUT2D eigenvalue weighted by Crippen LogP contribution is 2.56. The van der Waals surface area contributed by atoms with E-state index in [0.717, 1.165) is 19.8 Å². The molecule has 2 nitrogen and oxygen atoms in total. The minimum absolute atomic E-state index is 0.711. The SMILES string of the molecule is CCN1c2ccccc2Sc2cc(S3(C)CCOCC3)ccc21. The van der Waals surface area contributed by atoms with Crippen LogP contribution in [-0.4, -0.2) is 37.5 Å². The van der Waals surface area contributed by atoms with Crippen LogP contribution < -0.4 is 4.90 Å². The van der Waals surface area contributed by atoms with Gasteiger partial charge in [0.25, 0.3) is 0 Å². The summed E-state index contributed by atoms with van der Waals surface area (Å²) in [7, 11) is -0.711. The third-order valence-corrected chi connectivity index (χ3v) is 9.48. The van der Waals surface area contributed by atoms with E-state index in [0.29, 0.717) is 0 Å². The van der Waals surface area contributed by atoms with Gasteiger partial charge in [-0.25, -0.2) is 10.0 Å². The van der Waals surface area contributed by atoms with Crippen molar-refractivity contribution in [2.24, 2.45) is 0 Å². The number of hydrogen-bond acceptors (Lipinski definition) is 3. The summed E-state index contributed by atoms with van der Waals surface area (Å²) in [4.78, 5) is 6.75. The van der Waals surface area contributed by atoms with E-state index in [1.165, 1.54) is 32.7 Å². The number of anilines is 2. The van der Waals surface area contributed by atoms with Crippen molar-refractivity contribution in [2.75, 3.05) is 42.4 Å². The lowest BCUT2D eigenvalue weighted by Gasteiger charge is -2.41. The van der Waals surface area contributed by atoms with Gasteiger partial charge in [-0.15, -0.1) is 0 Å². The van der Waals surface area contributed by atoms with E-state index in [9.17, 15) is 0 Å². The smallest absolute Gasteiger partial charge is 0.0553 e. The lowest BCUT2D eigenvalue weighted by atomic mass is 10.2. The normalized spacial score (nSPS) is 20.5. The van der Waals surface area contributed by atoms with Crippen LogP contribution in [0.3, 0.4) is 0 Å². The Hall–Kier alpha value is -1.10. The Morgan fingerprint density at radius 3 is 2.57 bits per heavy atom. The topological polar surface area (TPSA) is 12.5 Å². The van der Waals surface area contributed by atoms with Crippen molar-refractivity contribution >= 4 is 33.2 Å². The fraction of sp³-hybridized carbons (Fsp3) is 0.368. The highest BCUT2D eigenvalue weighted by atomic mass is 32.3. The van der Waals surface area contributed by atoms with Crippen molar-refractivity contribution < 1.29 is 4.74 Å². The van der Waals surface area contributed by atoms with Gasteiger partial charge in [-0.3, -0.25) is 0 Å². The van der Waals surface area contributed by atoms with E-state index in [2.05, 4.69) is 60.5 Å². The molecule has 0 bridgehead atoms. The van der Waals surface area contributed by atoms with Crippen LogP contribution in [0.2, 0.25) is 0 Å². The highest BCUT2D eigenvalue weighted by Gasteiger charge is 2.27. The van der Waals surface area contributed by atoms with Crippen LogP contribution in [0, 0.1) is 0 Å². The van der Waals surface area contributed by atoms with Crippen LogP contribution in [0.4, 0.5) is 11.4 Å². The molecular formula is C19H23NOS2. The summed E-state index contributed by atoms with van der Waals surface area (Å²) in [6.07, 6.45) is 2.47. The van der Waals surface area contributed by atoms with E-state index in [-0.39, 0.29) is 0 Å². The summed E-state index contributed by atoms with van der Waals surface area (Å²) >= 11 is 1.92. The van der Waals surface area contributed by atoms with Gasteiger partial charge >= 0.3 is 0 Å². The molecule has 0 N–H and O–H groups in total. The molecule has 4 rings (SSSR count). The molecule has 23 heavy (non-hydrogen) atoms. The van der Waals surface area contributed by atoms with Gasteiger partial charge < -0.3 is 9.64 Å². The number of hydrogen-bond donors (Lipinski definition) is 0. The lowest BCUT2D eigenvalue weighted by Crippen LogP contribution is -2.23. The van der Waals surface area contributed by atoms with Crippen molar-refractivity contribution in [3.8, 4) is 0 Å². The Labute approximate surface area is 144 Å². The second-order valence-corrected chi connectivity index (χ2v) is 11.2. The molecule has 2 aliphatic rings. The van der Waals surface area contributed by atoms with E-state index in [4.69, 9.17) is 4.74 Å². The van der Waals surface area contributed by atoms with Crippen LogP contribution in [0.25, 0.3) is 0 Å². The second-order valence-electron chi connectivity index (χ2n) is 6.24. The highest BCUT2D eigenvalue weighted by molar-refractivity contribution is 8.33. The van der Waals surface area contributed by atoms with Crippen molar-refractivity contribution in [1.29, 1.82) is 0 Å². The third kappa shape index (κ3) is 2.67. The molecule has 0 radical (unpaired) electrons. The molecule has 2 aromatic rings. The number of benzene rings is 2. The quantitative estimate of drug-likeness (QED) is 0.748. The Kier molecular flexibility index (Phi) is 4.08. The second kappa shape index (κ2) is 6.08. The van der Waals surface area contributed by atoms with Crippen molar-refractivity contribution in [3.63, 3.8) is 0 Å². The van der Waals surface area contributed by atoms with Gasteiger partial charge in [-0.2, -0.15) is 0 Å². The zero-order chi connectivity index (χ0) is 15.9. The molecule has 1 fully saturated rings. The molecule has 0 spiro atoms.